The molecule has 2 rings (SSSR count). The van der Waals surface area contributed by atoms with Gasteiger partial charge in [-0.3, -0.25) is 0 Å². The van der Waals surface area contributed by atoms with Gasteiger partial charge in [-0.1, -0.05) is 19.4 Å². The van der Waals surface area contributed by atoms with Crippen molar-refractivity contribution in [3.8, 4) is 0 Å². The predicted octanol–water partition coefficient (Wildman–Crippen LogP) is 2.40. The highest BCUT2D eigenvalue weighted by Gasteiger charge is 2.38. The van der Waals surface area contributed by atoms with Crippen LogP contribution in [0.25, 0.3) is 0 Å². The highest BCUT2D eigenvalue weighted by Crippen LogP contribution is 2.44. The molecule has 1 heteroatoms. The highest BCUT2D eigenvalue weighted by atomic mass is 15.2. The maximum Gasteiger partial charge on any atom is 0.0213 e. The fourth-order valence-corrected chi connectivity index (χ4v) is 2.56. The van der Waals surface area contributed by atoms with Crippen molar-refractivity contribution in [2.75, 3.05) is 13.1 Å². The largest absolute Gasteiger partial charge is 0.374 e. The minimum atomic E-state index is 0.473. The van der Waals surface area contributed by atoms with Crippen LogP contribution in [0, 0.1) is 5.41 Å². The van der Waals surface area contributed by atoms with Crippen LogP contribution >= 0.6 is 0 Å². The summed E-state index contributed by atoms with van der Waals surface area (Å²) >= 11 is 0. The van der Waals surface area contributed by atoms with Crippen LogP contribution in [-0.4, -0.2) is 18.0 Å². The summed E-state index contributed by atoms with van der Waals surface area (Å²) in [5, 5.41) is 0. The average molecular weight is 151 g/mol. The van der Waals surface area contributed by atoms with Gasteiger partial charge in [0.05, 0.1) is 0 Å². The van der Waals surface area contributed by atoms with E-state index >= 15 is 0 Å². The predicted molar refractivity (Wildman–Crippen MR) is 47.3 cm³/mol. The highest BCUT2D eigenvalue weighted by molar-refractivity contribution is 5.26. The Labute approximate surface area is 69.1 Å². The van der Waals surface area contributed by atoms with Gasteiger partial charge in [0, 0.05) is 24.2 Å². The molecule has 62 valence electrons. The molecule has 0 aromatic carbocycles. The van der Waals surface area contributed by atoms with Gasteiger partial charge in [0.2, 0.25) is 0 Å². The zero-order valence-electron chi connectivity index (χ0n) is 7.78. The first kappa shape index (κ1) is 7.20. The van der Waals surface area contributed by atoms with Gasteiger partial charge >= 0.3 is 0 Å². The number of allylic oxidation sites excluding steroid dienone is 1. The molecule has 0 aromatic heterocycles. The second kappa shape index (κ2) is 2.02. The normalized spacial score (nSPS) is 28.1. The maximum atomic E-state index is 2.56. The Kier molecular flexibility index (Phi) is 1.33. The molecule has 2 aliphatic heterocycles. The minimum Gasteiger partial charge on any atom is -0.374 e. The van der Waals surface area contributed by atoms with Crippen LogP contribution in [0.2, 0.25) is 0 Å². The van der Waals surface area contributed by atoms with Crippen molar-refractivity contribution in [2.24, 2.45) is 5.41 Å². The quantitative estimate of drug-likeness (QED) is 0.514. The fraction of sp³-hybridized carbons (Fsp3) is 0.800. The van der Waals surface area contributed by atoms with E-state index in [1.807, 2.05) is 0 Å². The molecule has 0 aromatic rings. The number of fused-ring (bicyclic) bond motifs is 1. The first-order chi connectivity index (χ1) is 5.11. The van der Waals surface area contributed by atoms with Gasteiger partial charge in [0.25, 0.3) is 0 Å². The molecule has 0 atom stereocenters. The van der Waals surface area contributed by atoms with E-state index in [1.54, 1.807) is 11.3 Å². The molecule has 0 radical (unpaired) electrons. The molecule has 0 N–H and O–H groups in total. The third kappa shape index (κ3) is 0.901. The Morgan fingerprint density at radius 2 is 2.00 bits per heavy atom. The monoisotopic (exact) mass is 151 g/mol. The Morgan fingerprint density at radius 1 is 1.27 bits per heavy atom. The van der Waals surface area contributed by atoms with Crippen LogP contribution in [0.4, 0.5) is 0 Å². The van der Waals surface area contributed by atoms with Crippen molar-refractivity contribution in [3.63, 3.8) is 0 Å². The van der Waals surface area contributed by atoms with E-state index in [4.69, 9.17) is 0 Å². The number of hydrogen-bond donors (Lipinski definition) is 0. The molecule has 0 saturated carbocycles. The lowest BCUT2D eigenvalue weighted by atomic mass is 9.87. The Morgan fingerprint density at radius 3 is 2.64 bits per heavy atom. The summed E-state index contributed by atoms with van der Waals surface area (Å²) in [5.74, 6) is 0. The summed E-state index contributed by atoms with van der Waals surface area (Å²) in [6.45, 7) is 9.61. The molecule has 0 bridgehead atoms. The van der Waals surface area contributed by atoms with Gasteiger partial charge in [-0.25, -0.2) is 0 Å². The standard InChI is InChI=1S/C10H17N/c1-8-4-6-11-7-5-10(2,3)9(8)11/h4-7H2,1-3H3. The van der Waals surface area contributed by atoms with Crippen molar-refractivity contribution in [1.82, 2.24) is 4.90 Å². The van der Waals surface area contributed by atoms with E-state index in [1.165, 1.54) is 25.9 Å². The molecule has 2 heterocycles. The van der Waals surface area contributed by atoms with Crippen molar-refractivity contribution in [2.45, 2.75) is 33.6 Å². The lowest BCUT2D eigenvalue weighted by Crippen LogP contribution is -2.16. The van der Waals surface area contributed by atoms with Gasteiger partial charge in [-0.05, 0) is 19.8 Å². The van der Waals surface area contributed by atoms with Gasteiger partial charge in [-0.15, -0.1) is 0 Å². The third-order valence-electron chi connectivity index (χ3n) is 3.12. The number of hydrogen-bond acceptors (Lipinski definition) is 1. The van der Waals surface area contributed by atoms with Crippen LogP contribution in [0.3, 0.4) is 0 Å². The van der Waals surface area contributed by atoms with Gasteiger partial charge in [-0.2, -0.15) is 0 Å². The van der Waals surface area contributed by atoms with Crippen molar-refractivity contribution in [3.05, 3.63) is 11.3 Å². The topological polar surface area (TPSA) is 3.24 Å². The summed E-state index contributed by atoms with van der Waals surface area (Å²) < 4.78 is 0. The summed E-state index contributed by atoms with van der Waals surface area (Å²) in [4.78, 5) is 2.56. The molecule has 2 aliphatic rings. The molecule has 0 aliphatic carbocycles. The van der Waals surface area contributed by atoms with E-state index in [-0.39, 0.29) is 0 Å². The van der Waals surface area contributed by atoms with E-state index in [2.05, 4.69) is 25.7 Å². The summed E-state index contributed by atoms with van der Waals surface area (Å²) in [6, 6.07) is 0. The lowest BCUT2D eigenvalue weighted by molar-refractivity contribution is 0.411. The van der Waals surface area contributed by atoms with Crippen LogP contribution in [0.5, 0.6) is 0 Å². The van der Waals surface area contributed by atoms with E-state index in [0.717, 1.165) is 0 Å². The van der Waals surface area contributed by atoms with E-state index in [0.29, 0.717) is 5.41 Å². The molecule has 1 nitrogen and oxygen atoms in total. The first-order valence-electron chi connectivity index (χ1n) is 4.56. The Balaban J connectivity index is 2.39. The smallest absolute Gasteiger partial charge is 0.0213 e. The second-order valence-electron chi connectivity index (χ2n) is 4.50. The SMILES string of the molecule is CC1=C2N(CC1)CCC2(C)C. The molecule has 0 unspecified atom stereocenters. The zero-order valence-corrected chi connectivity index (χ0v) is 7.78. The lowest BCUT2D eigenvalue weighted by Gasteiger charge is -2.22. The molecule has 0 spiro atoms. The molecular formula is C10H17N. The van der Waals surface area contributed by atoms with Gasteiger partial charge in [0.1, 0.15) is 0 Å². The first-order valence-corrected chi connectivity index (χ1v) is 4.56. The van der Waals surface area contributed by atoms with Gasteiger partial charge in [0.15, 0.2) is 0 Å². The molecular weight excluding hydrogens is 134 g/mol. The van der Waals surface area contributed by atoms with Crippen LogP contribution in [0.15, 0.2) is 11.3 Å². The number of nitrogens with zero attached hydrogens (tertiary/aromatic N) is 1. The Bertz CT molecular complexity index is 213. The van der Waals surface area contributed by atoms with Crippen LogP contribution < -0.4 is 0 Å². The summed E-state index contributed by atoms with van der Waals surface area (Å²) in [7, 11) is 0. The summed E-state index contributed by atoms with van der Waals surface area (Å²) in [5.41, 5.74) is 3.76. The van der Waals surface area contributed by atoms with Crippen molar-refractivity contribution in [1.29, 1.82) is 0 Å². The van der Waals surface area contributed by atoms with E-state index < -0.39 is 0 Å². The molecule has 11 heavy (non-hydrogen) atoms. The molecule has 0 amide bonds. The van der Waals surface area contributed by atoms with Crippen LogP contribution in [-0.2, 0) is 0 Å². The minimum absolute atomic E-state index is 0.473. The van der Waals surface area contributed by atoms with Crippen LogP contribution in [0.1, 0.15) is 33.6 Å². The maximum absolute atomic E-state index is 2.56. The zero-order chi connectivity index (χ0) is 8.06. The van der Waals surface area contributed by atoms with Gasteiger partial charge < -0.3 is 4.90 Å². The van der Waals surface area contributed by atoms with Crippen molar-refractivity contribution >= 4 is 0 Å². The Hall–Kier alpha value is -0.460. The van der Waals surface area contributed by atoms with E-state index in [9.17, 15) is 0 Å². The fourth-order valence-electron chi connectivity index (χ4n) is 2.56. The third-order valence-corrected chi connectivity index (χ3v) is 3.12. The second-order valence-corrected chi connectivity index (χ2v) is 4.50. The summed E-state index contributed by atoms with van der Waals surface area (Å²) in [6.07, 6.45) is 2.65. The van der Waals surface area contributed by atoms with Crippen molar-refractivity contribution < 1.29 is 0 Å². The molecule has 1 fully saturated rings. The average Bonchev–Trinajstić information content (AvgIpc) is 2.38. The molecule has 1 saturated heterocycles. The number of rotatable bonds is 0.